The molecule has 0 aliphatic rings. The van der Waals surface area contributed by atoms with Crippen LogP contribution in [0.1, 0.15) is 11.7 Å². The molecule has 0 spiro atoms. The van der Waals surface area contributed by atoms with Crippen molar-refractivity contribution < 1.29 is 28.4 Å². The molecular formula is C8H12ClNO2. The van der Waals surface area contributed by atoms with E-state index in [0.29, 0.717) is 12.1 Å². The Kier molecular flexibility index (Phi) is 4.66. The number of aliphatic hydroxyl groups excluding tert-OH is 1. The average Bonchev–Trinajstić information content (AvgIpc) is 2.03. The van der Waals surface area contributed by atoms with Gasteiger partial charge in [0.2, 0.25) is 0 Å². The molecule has 0 fully saturated rings. The Morgan fingerprint density at radius 2 is 2.08 bits per heavy atom. The van der Waals surface area contributed by atoms with Crippen LogP contribution in [0.3, 0.4) is 0 Å². The third-order valence-electron chi connectivity index (χ3n) is 1.53. The maximum atomic E-state index is 9.28. The van der Waals surface area contributed by atoms with E-state index in [1.807, 2.05) is 0 Å². The predicted molar refractivity (Wildman–Crippen MR) is 40.8 cm³/mol. The molecule has 0 aliphatic carbocycles. The summed E-state index contributed by atoms with van der Waals surface area (Å²) in [7, 11) is 0. The van der Waals surface area contributed by atoms with Crippen LogP contribution in [0, 0.1) is 0 Å². The van der Waals surface area contributed by atoms with Gasteiger partial charge < -0.3 is 28.4 Å². The Labute approximate surface area is 77.2 Å². The van der Waals surface area contributed by atoms with Gasteiger partial charge in [-0.25, -0.2) is 0 Å². The number of halogens is 1. The van der Waals surface area contributed by atoms with Crippen LogP contribution in [0.4, 0.5) is 0 Å². The maximum Gasteiger partial charge on any atom is 0.128 e. The molecule has 1 atom stereocenters. The molecule has 4 heteroatoms. The van der Waals surface area contributed by atoms with Crippen molar-refractivity contribution in [1.82, 2.24) is 0 Å². The summed E-state index contributed by atoms with van der Waals surface area (Å²) >= 11 is 0. The van der Waals surface area contributed by atoms with Crippen LogP contribution in [0.25, 0.3) is 0 Å². The lowest BCUT2D eigenvalue weighted by Crippen LogP contribution is -3.00. The van der Waals surface area contributed by atoms with Gasteiger partial charge in [0.05, 0.1) is 0 Å². The molecule has 0 radical (unpaired) electrons. The van der Waals surface area contributed by atoms with Gasteiger partial charge in [-0.3, -0.25) is 0 Å². The molecule has 3 nitrogen and oxygen atoms in total. The average molecular weight is 190 g/mol. The summed E-state index contributed by atoms with van der Waals surface area (Å²) in [6.07, 6.45) is -0.568. The molecule has 0 heterocycles. The number of benzene rings is 1. The summed E-state index contributed by atoms with van der Waals surface area (Å²) in [4.78, 5) is 0. The minimum Gasteiger partial charge on any atom is -1.00 e. The van der Waals surface area contributed by atoms with Crippen molar-refractivity contribution in [2.24, 2.45) is 0 Å². The predicted octanol–water partition coefficient (Wildman–Crippen LogP) is -3.33. The van der Waals surface area contributed by atoms with Crippen LogP contribution in [-0.2, 0) is 0 Å². The smallest absolute Gasteiger partial charge is 0.128 e. The van der Waals surface area contributed by atoms with Gasteiger partial charge in [0.1, 0.15) is 18.4 Å². The quantitative estimate of drug-likeness (QED) is 0.456. The summed E-state index contributed by atoms with van der Waals surface area (Å²) < 4.78 is 0. The molecule has 1 unspecified atom stereocenters. The highest BCUT2D eigenvalue weighted by atomic mass is 35.5. The lowest BCUT2D eigenvalue weighted by atomic mass is 10.1. The van der Waals surface area contributed by atoms with Crippen LogP contribution in [-0.4, -0.2) is 16.8 Å². The normalized spacial score (nSPS) is 11.8. The second kappa shape index (κ2) is 4.98. The second-order valence-corrected chi connectivity index (χ2v) is 2.40. The first-order chi connectivity index (χ1) is 5.24. The van der Waals surface area contributed by atoms with Crippen molar-refractivity contribution in [2.45, 2.75) is 6.10 Å². The summed E-state index contributed by atoms with van der Waals surface area (Å²) in [5, 5.41) is 18.3. The van der Waals surface area contributed by atoms with Crippen molar-refractivity contribution in [2.75, 3.05) is 6.54 Å². The van der Waals surface area contributed by atoms with E-state index in [-0.39, 0.29) is 18.2 Å². The molecule has 0 bridgehead atoms. The largest absolute Gasteiger partial charge is 1.00 e. The van der Waals surface area contributed by atoms with Crippen molar-refractivity contribution in [3.63, 3.8) is 0 Å². The fraction of sp³-hybridized carbons (Fsp3) is 0.250. The van der Waals surface area contributed by atoms with Gasteiger partial charge in [-0.05, 0) is 17.7 Å². The van der Waals surface area contributed by atoms with E-state index in [2.05, 4.69) is 5.73 Å². The molecule has 68 valence electrons. The Morgan fingerprint density at radius 1 is 1.42 bits per heavy atom. The first kappa shape index (κ1) is 11.2. The molecule has 1 aromatic rings. The standard InChI is InChI=1S/C8H11NO2.ClH/c9-5-8(11)6-2-1-3-7(10)4-6;/h1-4,8,10-11H,5,9H2;1H. The highest BCUT2D eigenvalue weighted by Gasteiger charge is 2.06. The molecule has 1 rings (SSSR count). The van der Waals surface area contributed by atoms with Crippen LogP contribution < -0.4 is 18.1 Å². The monoisotopic (exact) mass is 189 g/mol. The number of phenols is 1. The number of rotatable bonds is 2. The lowest BCUT2D eigenvalue weighted by Gasteiger charge is -2.05. The zero-order chi connectivity index (χ0) is 8.27. The van der Waals surface area contributed by atoms with E-state index in [1.54, 1.807) is 18.2 Å². The van der Waals surface area contributed by atoms with E-state index >= 15 is 0 Å². The first-order valence-electron chi connectivity index (χ1n) is 3.50. The topological polar surface area (TPSA) is 68.1 Å². The van der Waals surface area contributed by atoms with Crippen molar-refractivity contribution in [1.29, 1.82) is 0 Å². The highest BCUT2D eigenvalue weighted by molar-refractivity contribution is 5.28. The third kappa shape index (κ3) is 2.70. The number of quaternary nitrogens is 1. The SMILES string of the molecule is [Cl-].[NH3+]CC(O)c1cccc(O)c1. The fourth-order valence-electron chi connectivity index (χ4n) is 0.899. The number of aliphatic hydroxyl groups is 1. The van der Waals surface area contributed by atoms with Crippen LogP contribution in [0.2, 0.25) is 0 Å². The second-order valence-electron chi connectivity index (χ2n) is 2.40. The Balaban J connectivity index is 0.00000121. The zero-order valence-corrected chi connectivity index (χ0v) is 7.33. The van der Waals surface area contributed by atoms with E-state index < -0.39 is 6.10 Å². The molecule has 12 heavy (non-hydrogen) atoms. The number of hydrogen-bond acceptors (Lipinski definition) is 2. The number of phenolic OH excluding ortho intramolecular Hbond substituents is 1. The summed E-state index contributed by atoms with van der Waals surface area (Å²) in [5.74, 6) is 0.176. The van der Waals surface area contributed by atoms with Crippen molar-refractivity contribution >= 4 is 0 Å². The first-order valence-corrected chi connectivity index (χ1v) is 3.50. The summed E-state index contributed by atoms with van der Waals surface area (Å²) in [5.41, 5.74) is 4.27. The number of hydrogen-bond donors (Lipinski definition) is 3. The molecule has 1 aromatic carbocycles. The molecule has 0 saturated heterocycles. The van der Waals surface area contributed by atoms with Gasteiger partial charge in [-0.15, -0.1) is 0 Å². The highest BCUT2D eigenvalue weighted by Crippen LogP contribution is 2.16. The van der Waals surface area contributed by atoms with Gasteiger partial charge in [0.15, 0.2) is 0 Å². The van der Waals surface area contributed by atoms with Crippen LogP contribution in [0.5, 0.6) is 5.75 Å². The molecule has 0 aliphatic heterocycles. The Hall–Kier alpha value is -0.770. The minimum atomic E-state index is -0.568. The maximum absolute atomic E-state index is 9.28. The Bertz CT molecular complexity index is 242. The van der Waals surface area contributed by atoms with E-state index in [1.165, 1.54) is 6.07 Å². The van der Waals surface area contributed by atoms with Crippen LogP contribution in [0.15, 0.2) is 24.3 Å². The fourth-order valence-corrected chi connectivity index (χ4v) is 0.899. The summed E-state index contributed by atoms with van der Waals surface area (Å²) in [6.45, 7) is 0.420. The Morgan fingerprint density at radius 3 is 2.58 bits per heavy atom. The zero-order valence-electron chi connectivity index (χ0n) is 6.57. The van der Waals surface area contributed by atoms with Gasteiger partial charge in [-0.1, -0.05) is 12.1 Å². The van der Waals surface area contributed by atoms with Gasteiger partial charge in [-0.2, -0.15) is 0 Å². The minimum absolute atomic E-state index is 0. The third-order valence-corrected chi connectivity index (χ3v) is 1.53. The van der Waals surface area contributed by atoms with E-state index in [0.717, 1.165) is 0 Å². The number of aromatic hydroxyl groups is 1. The van der Waals surface area contributed by atoms with Gasteiger partial charge in [0, 0.05) is 0 Å². The lowest BCUT2D eigenvalue weighted by molar-refractivity contribution is -0.385. The van der Waals surface area contributed by atoms with Crippen molar-refractivity contribution in [3.05, 3.63) is 29.8 Å². The van der Waals surface area contributed by atoms with E-state index in [9.17, 15) is 5.11 Å². The summed E-state index contributed by atoms with van der Waals surface area (Å²) in [6, 6.07) is 6.56. The molecule has 0 aromatic heterocycles. The molecule has 5 N–H and O–H groups in total. The van der Waals surface area contributed by atoms with Gasteiger partial charge in [0.25, 0.3) is 0 Å². The molecule has 0 saturated carbocycles. The van der Waals surface area contributed by atoms with Gasteiger partial charge >= 0.3 is 0 Å². The van der Waals surface area contributed by atoms with E-state index in [4.69, 9.17) is 5.11 Å². The van der Waals surface area contributed by atoms with Crippen molar-refractivity contribution in [3.8, 4) is 5.75 Å². The molecular weight excluding hydrogens is 178 g/mol. The van der Waals surface area contributed by atoms with Crippen LogP contribution >= 0.6 is 0 Å². The molecule has 0 amide bonds.